The molecule has 0 aliphatic carbocycles. The summed E-state index contributed by atoms with van der Waals surface area (Å²) in [6, 6.07) is 17.9. The Labute approximate surface area is 165 Å². The topological polar surface area (TPSA) is 59.2 Å². The molecule has 2 aromatic heterocycles. The lowest BCUT2D eigenvalue weighted by Gasteiger charge is -2.31. The summed E-state index contributed by atoms with van der Waals surface area (Å²) in [4.78, 5) is 19.3. The number of carbonyl (C=O) groups excluding carboxylic acids is 1. The molecule has 28 heavy (non-hydrogen) atoms. The number of pyridine rings is 1. The van der Waals surface area contributed by atoms with Gasteiger partial charge in [-0.1, -0.05) is 41.6 Å². The van der Waals surface area contributed by atoms with E-state index in [-0.39, 0.29) is 5.92 Å². The maximum absolute atomic E-state index is 12.7. The fraction of sp³-hybridized carbons (Fsp3) is 0.348. The number of likely N-dealkylation sites (tertiary alicyclic amines) is 1. The number of piperidine rings is 1. The Bertz CT molecular complexity index is 892. The van der Waals surface area contributed by atoms with Crippen molar-refractivity contribution in [1.29, 1.82) is 0 Å². The van der Waals surface area contributed by atoms with Crippen LogP contribution in [-0.2, 0) is 17.8 Å². The van der Waals surface area contributed by atoms with E-state index in [2.05, 4.69) is 27.2 Å². The van der Waals surface area contributed by atoms with Gasteiger partial charge in [-0.2, -0.15) is 0 Å². The van der Waals surface area contributed by atoms with E-state index in [1.807, 2.05) is 42.5 Å². The van der Waals surface area contributed by atoms with Crippen molar-refractivity contribution in [1.82, 2.24) is 15.0 Å². The average molecular weight is 375 g/mol. The summed E-state index contributed by atoms with van der Waals surface area (Å²) in [6.07, 6.45) is 5.23. The van der Waals surface area contributed by atoms with E-state index in [9.17, 15) is 4.79 Å². The number of Topliss-reactive ketones (excluding diaryl/α,β-unsaturated/α-hetero) is 1. The van der Waals surface area contributed by atoms with Gasteiger partial charge in [-0.15, -0.1) is 0 Å². The van der Waals surface area contributed by atoms with Gasteiger partial charge in [0.05, 0.1) is 12.2 Å². The van der Waals surface area contributed by atoms with Crippen LogP contribution in [0.3, 0.4) is 0 Å². The Hall–Kier alpha value is -2.79. The van der Waals surface area contributed by atoms with Crippen molar-refractivity contribution in [2.75, 3.05) is 13.1 Å². The minimum Gasteiger partial charge on any atom is -0.359 e. The Kier molecular flexibility index (Phi) is 5.92. The average Bonchev–Trinajstić information content (AvgIpc) is 3.22. The second kappa shape index (κ2) is 8.93. The van der Waals surface area contributed by atoms with Crippen LogP contribution in [0, 0.1) is 5.92 Å². The van der Waals surface area contributed by atoms with Crippen LogP contribution >= 0.6 is 0 Å². The monoisotopic (exact) mass is 375 g/mol. The van der Waals surface area contributed by atoms with E-state index in [1.165, 1.54) is 5.56 Å². The smallest absolute Gasteiger partial charge is 0.151 e. The second-order valence-corrected chi connectivity index (χ2v) is 7.42. The molecular weight excluding hydrogens is 350 g/mol. The van der Waals surface area contributed by atoms with Crippen molar-refractivity contribution in [3.63, 3.8) is 0 Å². The lowest BCUT2D eigenvalue weighted by molar-refractivity contribution is -0.124. The second-order valence-electron chi connectivity index (χ2n) is 7.42. The van der Waals surface area contributed by atoms with Crippen molar-refractivity contribution in [2.24, 2.45) is 5.92 Å². The first-order valence-electron chi connectivity index (χ1n) is 9.94. The predicted octanol–water partition coefficient (Wildman–Crippen LogP) is 4.15. The molecule has 144 valence electrons. The minimum absolute atomic E-state index is 0.121. The Morgan fingerprint density at radius 2 is 1.96 bits per heavy atom. The normalized spacial score (nSPS) is 17.5. The molecule has 3 heterocycles. The zero-order valence-electron chi connectivity index (χ0n) is 16.0. The van der Waals surface area contributed by atoms with Crippen LogP contribution in [0.1, 0.15) is 30.6 Å². The van der Waals surface area contributed by atoms with Gasteiger partial charge >= 0.3 is 0 Å². The molecule has 0 saturated carbocycles. The third kappa shape index (κ3) is 4.73. The van der Waals surface area contributed by atoms with Gasteiger partial charge in [0.15, 0.2) is 5.76 Å². The molecule has 0 unspecified atom stereocenters. The zero-order chi connectivity index (χ0) is 19.2. The van der Waals surface area contributed by atoms with Gasteiger partial charge in [-0.25, -0.2) is 0 Å². The van der Waals surface area contributed by atoms with Crippen LogP contribution in [0.5, 0.6) is 0 Å². The first-order chi connectivity index (χ1) is 13.8. The standard InChI is InChI=1S/C23H25N3O2/c27-23(12-11-18-7-2-1-3-8-18)19-9-6-14-26(16-19)17-20-15-22(25-28-20)21-10-4-5-13-24-21/h1-5,7-8,10,13,15,19H,6,9,11-12,14,16-17H2/t19-/m0/s1. The first-order valence-corrected chi connectivity index (χ1v) is 9.94. The molecule has 5 heteroatoms. The summed E-state index contributed by atoms with van der Waals surface area (Å²) in [5.74, 6) is 1.31. The third-order valence-electron chi connectivity index (χ3n) is 5.33. The van der Waals surface area contributed by atoms with Crippen molar-refractivity contribution < 1.29 is 9.32 Å². The van der Waals surface area contributed by atoms with E-state index < -0.39 is 0 Å². The summed E-state index contributed by atoms with van der Waals surface area (Å²) >= 11 is 0. The van der Waals surface area contributed by atoms with Crippen LogP contribution in [0.4, 0.5) is 0 Å². The molecule has 1 aromatic carbocycles. The largest absolute Gasteiger partial charge is 0.359 e. The maximum atomic E-state index is 12.7. The first kappa shape index (κ1) is 18.6. The lowest BCUT2D eigenvalue weighted by Crippen LogP contribution is -2.38. The minimum atomic E-state index is 0.121. The van der Waals surface area contributed by atoms with Crippen LogP contribution in [-0.4, -0.2) is 33.9 Å². The molecule has 3 aromatic rings. The number of benzene rings is 1. The molecule has 1 fully saturated rings. The maximum Gasteiger partial charge on any atom is 0.151 e. The van der Waals surface area contributed by atoms with Gasteiger partial charge in [0.25, 0.3) is 0 Å². The molecule has 0 bridgehead atoms. The van der Waals surface area contributed by atoms with E-state index >= 15 is 0 Å². The van der Waals surface area contributed by atoms with E-state index in [4.69, 9.17) is 4.52 Å². The fourth-order valence-electron chi connectivity index (χ4n) is 3.82. The fourth-order valence-corrected chi connectivity index (χ4v) is 3.82. The quantitative estimate of drug-likeness (QED) is 0.621. The SMILES string of the molecule is O=C(CCc1ccccc1)[C@H]1CCCN(Cc2cc(-c3ccccn3)no2)C1. The molecule has 1 saturated heterocycles. The number of nitrogens with zero attached hydrogens (tertiary/aromatic N) is 3. The highest BCUT2D eigenvalue weighted by molar-refractivity contribution is 5.81. The van der Waals surface area contributed by atoms with Gasteiger partial charge in [0, 0.05) is 31.1 Å². The molecule has 1 atom stereocenters. The predicted molar refractivity (Wildman–Crippen MR) is 108 cm³/mol. The highest BCUT2D eigenvalue weighted by Crippen LogP contribution is 2.23. The van der Waals surface area contributed by atoms with Crippen LogP contribution in [0.25, 0.3) is 11.4 Å². The van der Waals surface area contributed by atoms with Crippen molar-refractivity contribution in [3.05, 3.63) is 72.1 Å². The summed E-state index contributed by atoms with van der Waals surface area (Å²) in [5, 5.41) is 4.14. The van der Waals surface area contributed by atoms with Gasteiger partial charge in [0.1, 0.15) is 11.5 Å². The summed E-state index contributed by atoms with van der Waals surface area (Å²) in [6.45, 7) is 2.47. The van der Waals surface area contributed by atoms with Gasteiger partial charge in [-0.05, 0) is 43.5 Å². The van der Waals surface area contributed by atoms with Crippen LogP contribution in [0.2, 0.25) is 0 Å². The van der Waals surface area contributed by atoms with Crippen molar-refractivity contribution in [2.45, 2.75) is 32.2 Å². The number of ketones is 1. The number of rotatable bonds is 7. The molecule has 4 rings (SSSR count). The molecule has 0 amide bonds. The highest BCUT2D eigenvalue weighted by Gasteiger charge is 2.26. The summed E-state index contributed by atoms with van der Waals surface area (Å²) in [5.41, 5.74) is 2.79. The molecule has 1 aliphatic heterocycles. The number of aromatic nitrogens is 2. The number of aryl methyl sites for hydroxylation is 1. The van der Waals surface area contributed by atoms with Crippen LogP contribution < -0.4 is 0 Å². The molecule has 1 aliphatic rings. The third-order valence-corrected chi connectivity index (χ3v) is 5.33. The van der Waals surface area contributed by atoms with Gasteiger partial charge in [0.2, 0.25) is 0 Å². The molecule has 0 N–H and O–H groups in total. The van der Waals surface area contributed by atoms with E-state index in [1.54, 1.807) is 6.20 Å². The van der Waals surface area contributed by atoms with Crippen molar-refractivity contribution >= 4 is 5.78 Å². The van der Waals surface area contributed by atoms with E-state index in [0.29, 0.717) is 18.7 Å². The summed E-state index contributed by atoms with van der Waals surface area (Å²) in [7, 11) is 0. The Morgan fingerprint density at radius 3 is 2.79 bits per heavy atom. The zero-order valence-corrected chi connectivity index (χ0v) is 16.0. The molecule has 0 radical (unpaired) electrons. The Balaban J connectivity index is 1.31. The number of hydrogen-bond donors (Lipinski definition) is 0. The highest BCUT2D eigenvalue weighted by atomic mass is 16.5. The van der Waals surface area contributed by atoms with E-state index in [0.717, 1.165) is 49.5 Å². The number of carbonyl (C=O) groups is 1. The molecular formula is C23H25N3O2. The Morgan fingerprint density at radius 1 is 1.11 bits per heavy atom. The summed E-state index contributed by atoms with van der Waals surface area (Å²) < 4.78 is 5.51. The van der Waals surface area contributed by atoms with Crippen molar-refractivity contribution in [3.8, 4) is 11.4 Å². The lowest BCUT2D eigenvalue weighted by atomic mass is 9.90. The van der Waals surface area contributed by atoms with Gasteiger partial charge < -0.3 is 4.52 Å². The number of hydrogen-bond acceptors (Lipinski definition) is 5. The van der Waals surface area contributed by atoms with Crippen LogP contribution in [0.15, 0.2) is 65.3 Å². The molecule has 0 spiro atoms. The molecule has 5 nitrogen and oxygen atoms in total. The van der Waals surface area contributed by atoms with Gasteiger partial charge in [-0.3, -0.25) is 14.7 Å².